The Balaban J connectivity index is 1.87. The zero-order valence-corrected chi connectivity index (χ0v) is 16.4. The van der Waals surface area contributed by atoms with Gasteiger partial charge in [-0.1, -0.05) is 23.9 Å². The van der Waals surface area contributed by atoms with Crippen LogP contribution in [0.2, 0.25) is 0 Å². The maximum Gasteiger partial charge on any atom is 0.242 e. The van der Waals surface area contributed by atoms with Gasteiger partial charge in [0, 0.05) is 6.42 Å². The van der Waals surface area contributed by atoms with E-state index < -0.39 is 11.2 Å². The summed E-state index contributed by atoms with van der Waals surface area (Å²) in [6, 6.07) is 14.7. The number of nitrogens with zero attached hydrogens (tertiary/aromatic N) is 2. The monoisotopic (exact) mass is 399 g/mol. The summed E-state index contributed by atoms with van der Waals surface area (Å²) < 4.78 is 10.3. The minimum absolute atomic E-state index is 0.0236. The highest BCUT2D eigenvalue weighted by Crippen LogP contribution is 2.33. The first kappa shape index (κ1) is 19.8. The molecule has 1 atom stereocenters. The van der Waals surface area contributed by atoms with Gasteiger partial charge in [0.1, 0.15) is 16.7 Å². The number of ether oxygens (including phenoxy) is 2. The lowest BCUT2D eigenvalue weighted by atomic mass is 10.2. The van der Waals surface area contributed by atoms with Crippen LogP contribution in [-0.2, 0) is 16.1 Å². The second-order valence-electron chi connectivity index (χ2n) is 6.14. The fourth-order valence-electron chi connectivity index (χ4n) is 2.73. The van der Waals surface area contributed by atoms with Crippen molar-refractivity contribution in [2.75, 3.05) is 14.2 Å². The number of amides is 2. The predicted molar refractivity (Wildman–Crippen MR) is 109 cm³/mol. The summed E-state index contributed by atoms with van der Waals surface area (Å²) >= 11 is 1.26. The van der Waals surface area contributed by atoms with E-state index in [1.807, 2.05) is 36.4 Å². The molecule has 0 saturated carbocycles. The molecule has 1 aliphatic rings. The molecule has 0 unspecified atom stereocenters. The molecular formula is C20H21N3O4S. The van der Waals surface area contributed by atoms with Gasteiger partial charge in [-0.3, -0.25) is 14.5 Å². The third kappa shape index (κ3) is 4.64. The van der Waals surface area contributed by atoms with E-state index in [2.05, 4.69) is 4.99 Å². The van der Waals surface area contributed by atoms with Crippen LogP contribution in [0.4, 0.5) is 5.69 Å². The molecule has 146 valence electrons. The standard InChI is InChI=1S/C20H21N3O4S/c1-26-15-7-3-13(4-8-15)12-23-19(25)17(11-18(21)24)28-20(23)22-14-5-9-16(27-2)10-6-14/h3-10,17H,11-12H2,1-2H3,(H2,21,24)/t17-/m0/s1. The van der Waals surface area contributed by atoms with Crippen LogP contribution in [0.1, 0.15) is 12.0 Å². The molecule has 0 aromatic heterocycles. The summed E-state index contributed by atoms with van der Waals surface area (Å²) in [7, 11) is 3.20. The van der Waals surface area contributed by atoms with Gasteiger partial charge in [-0.2, -0.15) is 0 Å². The third-order valence-electron chi connectivity index (χ3n) is 4.20. The van der Waals surface area contributed by atoms with Gasteiger partial charge < -0.3 is 15.2 Å². The van der Waals surface area contributed by atoms with Crippen molar-refractivity contribution in [2.45, 2.75) is 18.2 Å². The molecule has 28 heavy (non-hydrogen) atoms. The van der Waals surface area contributed by atoms with Crippen molar-refractivity contribution >= 4 is 34.4 Å². The van der Waals surface area contributed by atoms with Crippen LogP contribution >= 0.6 is 11.8 Å². The first-order valence-corrected chi connectivity index (χ1v) is 9.50. The van der Waals surface area contributed by atoms with Crippen LogP contribution in [0, 0.1) is 0 Å². The average molecular weight is 399 g/mol. The quantitative estimate of drug-likeness (QED) is 0.773. The summed E-state index contributed by atoms with van der Waals surface area (Å²) in [5.74, 6) is 0.776. The number of benzene rings is 2. The normalized spacial score (nSPS) is 17.8. The number of amidine groups is 1. The molecule has 1 aliphatic heterocycles. The van der Waals surface area contributed by atoms with E-state index >= 15 is 0 Å². The molecule has 2 N–H and O–H groups in total. The number of hydrogen-bond donors (Lipinski definition) is 1. The lowest BCUT2D eigenvalue weighted by Crippen LogP contribution is -2.33. The molecule has 0 spiro atoms. The second kappa shape index (κ2) is 8.79. The number of primary amides is 1. The van der Waals surface area contributed by atoms with Crippen molar-refractivity contribution in [3.8, 4) is 11.5 Å². The van der Waals surface area contributed by atoms with Gasteiger partial charge in [-0.15, -0.1) is 0 Å². The van der Waals surface area contributed by atoms with Gasteiger partial charge in [0.05, 0.1) is 26.5 Å². The Kier molecular flexibility index (Phi) is 6.20. The summed E-state index contributed by atoms with van der Waals surface area (Å²) in [6.45, 7) is 0.347. The summed E-state index contributed by atoms with van der Waals surface area (Å²) in [5, 5.41) is -0.0232. The van der Waals surface area contributed by atoms with Gasteiger partial charge in [-0.05, 0) is 42.0 Å². The number of carbonyl (C=O) groups is 2. The fraction of sp³-hybridized carbons (Fsp3) is 0.250. The van der Waals surface area contributed by atoms with Crippen LogP contribution in [0.5, 0.6) is 11.5 Å². The maximum atomic E-state index is 12.8. The van der Waals surface area contributed by atoms with Crippen molar-refractivity contribution in [3.05, 3.63) is 54.1 Å². The highest BCUT2D eigenvalue weighted by atomic mass is 32.2. The Labute approximate surface area is 167 Å². The van der Waals surface area contributed by atoms with E-state index in [-0.39, 0.29) is 12.3 Å². The Bertz CT molecular complexity index is 881. The van der Waals surface area contributed by atoms with Crippen LogP contribution in [0.25, 0.3) is 0 Å². The molecule has 2 aromatic rings. The molecule has 0 bridgehead atoms. The lowest BCUT2D eigenvalue weighted by Gasteiger charge is -2.17. The molecule has 1 saturated heterocycles. The molecule has 2 amide bonds. The Morgan fingerprint density at radius 2 is 1.64 bits per heavy atom. The van der Waals surface area contributed by atoms with Crippen molar-refractivity contribution in [1.82, 2.24) is 4.90 Å². The van der Waals surface area contributed by atoms with Crippen molar-refractivity contribution < 1.29 is 19.1 Å². The SMILES string of the molecule is COc1ccc(CN2C(=O)[C@H](CC(N)=O)SC2=Nc2ccc(OC)cc2)cc1. The van der Waals surface area contributed by atoms with Crippen LogP contribution in [0.3, 0.4) is 0 Å². The number of carbonyl (C=O) groups excluding carboxylic acids is 2. The van der Waals surface area contributed by atoms with E-state index in [0.717, 1.165) is 17.1 Å². The number of methoxy groups -OCH3 is 2. The molecule has 8 heteroatoms. The van der Waals surface area contributed by atoms with Crippen molar-refractivity contribution in [1.29, 1.82) is 0 Å². The second-order valence-corrected chi connectivity index (χ2v) is 7.31. The highest BCUT2D eigenvalue weighted by Gasteiger charge is 2.38. The van der Waals surface area contributed by atoms with E-state index in [4.69, 9.17) is 15.2 Å². The first-order chi connectivity index (χ1) is 13.5. The summed E-state index contributed by atoms with van der Waals surface area (Å²) in [5.41, 5.74) is 6.92. The molecule has 0 radical (unpaired) electrons. The Morgan fingerprint density at radius 1 is 1.07 bits per heavy atom. The van der Waals surface area contributed by atoms with E-state index in [1.165, 1.54) is 11.8 Å². The Hall–Kier alpha value is -3.00. The number of thioether (sulfide) groups is 1. The van der Waals surface area contributed by atoms with Gasteiger partial charge in [-0.25, -0.2) is 4.99 Å². The van der Waals surface area contributed by atoms with Crippen molar-refractivity contribution in [3.63, 3.8) is 0 Å². The zero-order valence-electron chi connectivity index (χ0n) is 15.6. The van der Waals surface area contributed by atoms with Gasteiger partial charge in [0.25, 0.3) is 0 Å². The first-order valence-electron chi connectivity index (χ1n) is 8.62. The molecule has 3 rings (SSSR count). The van der Waals surface area contributed by atoms with Crippen LogP contribution in [0.15, 0.2) is 53.5 Å². The largest absolute Gasteiger partial charge is 0.497 e. The van der Waals surface area contributed by atoms with E-state index in [1.54, 1.807) is 31.3 Å². The summed E-state index contributed by atoms with van der Waals surface area (Å²) in [6.07, 6.45) is -0.0236. The smallest absolute Gasteiger partial charge is 0.242 e. The number of aliphatic imine (C=N–C) groups is 1. The van der Waals surface area contributed by atoms with Gasteiger partial charge in [0.15, 0.2) is 5.17 Å². The minimum Gasteiger partial charge on any atom is -0.497 e. The molecule has 0 aliphatic carbocycles. The maximum absolute atomic E-state index is 12.8. The minimum atomic E-state index is -0.562. The number of rotatable bonds is 7. The van der Waals surface area contributed by atoms with E-state index in [0.29, 0.717) is 17.4 Å². The van der Waals surface area contributed by atoms with Gasteiger partial charge in [0.2, 0.25) is 11.8 Å². The third-order valence-corrected chi connectivity index (χ3v) is 5.38. The fourth-order valence-corrected chi connectivity index (χ4v) is 3.90. The van der Waals surface area contributed by atoms with Crippen LogP contribution < -0.4 is 15.2 Å². The molecule has 7 nitrogen and oxygen atoms in total. The molecular weight excluding hydrogens is 378 g/mol. The van der Waals surface area contributed by atoms with E-state index in [9.17, 15) is 9.59 Å². The average Bonchev–Trinajstić information content (AvgIpc) is 2.97. The van der Waals surface area contributed by atoms with Crippen molar-refractivity contribution in [2.24, 2.45) is 10.7 Å². The van der Waals surface area contributed by atoms with Gasteiger partial charge >= 0.3 is 0 Å². The predicted octanol–water partition coefficient (Wildman–Crippen LogP) is 2.71. The number of nitrogens with two attached hydrogens (primary N) is 1. The topological polar surface area (TPSA) is 94.2 Å². The van der Waals surface area contributed by atoms with Crippen LogP contribution in [-0.4, -0.2) is 41.4 Å². The molecule has 2 aromatic carbocycles. The molecule has 1 heterocycles. The number of hydrogen-bond acceptors (Lipinski definition) is 6. The lowest BCUT2D eigenvalue weighted by molar-refractivity contribution is -0.128. The zero-order chi connectivity index (χ0) is 20.1. The Morgan fingerprint density at radius 3 is 2.18 bits per heavy atom. The highest BCUT2D eigenvalue weighted by molar-refractivity contribution is 8.15. The summed E-state index contributed by atoms with van der Waals surface area (Å²) in [4.78, 5) is 30.4. The molecule has 1 fully saturated rings.